The van der Waals surface area contributed by atoms with Gasteiger partial charge >= 0.3 is 0 Å². The fraction of sp³-hybridized carbons (Fsp3) is 0.588. The molecule has 0 atom stereocenters. The molecule has 1 saturated carbocycles. The smallest absolute Gasteiger partial charge is 0.221 e. The molecule has 2 N–H and O–H groups in total. The van der Waals surface area contributed by atoms with Gasteiger partial charge in [-0.15, -0.1) is 0 Å². The Balaban J connectivity index is 1.63. The van der Waals surface area contributed by atoms with E-state index in [-0.39, 0.29) is 11.4 Å². The topological polar surface area (TPSA) is 41.1 Å². The lowest BCUT2D eigenvalue weighted by molar-refractivity contribution is -0.122. The van der Waals surface area contributed by atoms with Gasteiger partial charge in [0.1, 0.15) is 0 Å². The molecule has 0 saturated heterocycles. The van der Waals surface area contributed by atoms with Crippen molar-refractivity contribution in [1.29, 1.82) is 0 Å². The van der Waals surface area contributed by atoms with E-state index in [2.05, 4.69) is 50.8 Å². The van der Waals surface area contributed by atoms with E-state index in [0.29, 0.717) is 18.4 Å². The maximum absolute atomic E-state index is 11.7. The molecule has 0 heterocycles. The Labute approximate surface area is 136 Å². The van der Waals surface area contributed by atoms with Gasteiger partial charge in [0, 0.05) is 29.0 Å². The third-order valence-corrected chi connectivity index (χ3v) is 4.31. The lowest BCUT2D eigenvalue weighted by Gasteiger charge is -2.36. The second-order valence-electron chi connectivity index (χ2n) is 6.92. The van der Waals surface area contributed by atoms with Gasteiger partial charge in [0.2, 0.25) is 5.91 Å². The Kier molecular flexibility index (Phi) is 5.44. The number of hydrogen-bond donors (Lipinski definition) is 2. The number of halogens is 1. The Morgan fingerprint density at radius 1 is 1.24 bits per heavy atom. The Hall–Kier alpha value is -0.870. The summed E-state index contributed by atoms with van der Waals surface area (Å²) in [6.45, 7) is 6.78. The third kappa shape index (κ3) is 5.44. The summed E-state index contributed by atoms with van der Waals surface area (Å²) in [5, 5.41) is 6.46. The third-order valence-electron chi connectivity index (χ3n) is 3.78. The van der Waals surface area contributed by atoms with Crippen LogP contribution >= 0.6 is 15.9 Å². The largest absolute Gasteiger partial charge is 0.351 e. The monoisotopic (exact) mass is 352 g/mol. The molecular weight excluding hydrogens is 328 g/mol. The van der Waals surface area contributed by atoms with Gasteiger partial charge in [-0.25, -0.2) is 0 Å². The minimum absolute atomic E-state index is 0.124. The molecule has 116 valence electrons. The number of benzene rings is 1. The van der Waals surface area contributed by atoms with Crippen LogP contribution in [0.4, 0.5) is 0 Å². The molecule has 0 aromatic heterocycles. The Bertz CT molecular complexity index is 473. The maximum Gasteiger partial charge on any atom is 0.221 e. The van der Waals surface area contributed by atoms with E-state index in [1.807, 2.05) is 20.8 Å². The van der Waals surface area contributed by atoms with Crippen LogP contribution in [0.3, 0.4) is 0 Å². The molecule has 1 aliphatic carbocycles. The molecule has 1 amide bonds. The van der Waals surface area contributed by atoms with Gasteiger partial charge in [-0.3, -0.25) is 4.79 Å². The second-order valence-corrected chi connectivity index (χ2v) is 7.83. The molecule has 1 aromatic carbocycles. The zero-order valence-electron chi connectivity index (χ0n) is 13.1. The highest BCUT2D eigenvalue weighted by atomic mass is 79.9. The predicted octanol–water partition coefficient (Wildman–Crippen LogP) is 3.59. The maximum atomic E-state index is 11.7. The van der Waals surface area contributed by atoms with Crippen molar-refractivity contribution in [2.75, 3.05) is 6.54 Å². The van der Waals surface area contributed by atoms with E-state index < -0.39 is 0 Å². The van der Waals surface area contributed by atoms with Gasteiger partial charge in [0.15, 0.2) is 0 Å². The molecule has 0 bridgehead atoms. The SMILES string of the molecule is CC(C)(C)NC(=O)CCNC1CC(c2ccc(Br)cc2)C1. The summed E-state index contributed by atoms with van der Waals surface area (Å²) in [4.78, 5) is 11.7. The summed E-state index contributed by atoms with van der Waals surface area (Å²) in [7, 11) is 0. The van der Waals surface area contributed by atoms with Crippen molar-refractivity contribution < 1.29 is 4.79 Å². The minimum atomic E-state index is -0.139. The number of carbonyl (C=O) groups excluding carboxylic acids is 1. The first-order chi connectivity index (χ1) is 9.83. The van der Waals surface area contributed by atoms with Crippen molar-refractivity contribution in [3.05, 3.63) is 34.3 Å². The summed E-state index contributed by atoms with van der Waals surface area (Å²) in [6, 6.07) is 9.16. The number of rotatable bonds is 5. The van der Waals surface area contributed by atoms with Crippen LogP contribution in [0, 0.1) is 0 Å². The lowest BCUT2D eigenvalue weighted by Crippen LogP contribution is -2.44. The zero-order chi connectivity index (χ0) is 15.5. The highest BCUT2D eigenvalue weighted by Crippen LogP contribution is 2.37. The van der Waals surface area contributed by atoms with Crippen molar-refractivity contribution >= 4 is 21.8 Å². The van der Waals surface area contributed by atoms with E-state index in [9.17, 15) is 4.79 Å². The van der Waals surface area contributed by atoms with Gasteiger partial charge < -0.3 is 10.6 Å². The van der Waals surface area contributed by atoms with Crippen LogP contribution in [0.5, 0.6) is 0 Å². The van der Waals surface area contributed by atoms with Gasteiger partial charge in [0.25, 0.3) is 0 Å². The molecule has 4 heteroatoms. The van der Waals surface area contributed by atoms with Crippen molar-refractivity contribution in [3.63, 3.8) is 0 Å². The summed E-state index contributed by atoms with van der Waals surface area (Å²) in [5.41, 5.74) is 1.28. The average molecular weight is 353 g/mol. The first-order valence-electron chi connectivity index (χ1n) is 7.63. The first kappa shape index (κ1) is 16.5. The number of carbonyl (C=O) groups is 1. The molecule has 1 aromatic rings. The van der Waals surface area contributed by atoms with E-state index >= 15 is 0 Å². The molecule has 0 spiro atoms. The lowest BCUT2D eigenvalue weighted by atomic mass is 9.76. The average Bonchev–Trinajstić information content (AvgIpc) is 2.31. The molecule has 1 fully saturated rings. The summed E-state index contributed by atoms with van der Waals surface area (Å²) in [6.07, 6.45) is 2.89. The molecular formula is C17H25BrN2O. The van der Waals surface area contributed by atoms with Crippen LogP contribution in [-0.2, 0) is 4.79 Å². The quantitative estimate of drug-likeness (QED) is 0.849. The van der Waals surface area contributed by atoms with Crippen molar-refractivity contribution in [2.24, 2.45) is 0 Å². The molecule has 2 rings (SSSR count). The van der Waals surface area contributed by atoms with Crippen LogP contribution in [0.2, 0.25) is 0 Å². The standard InChI is InChI=1S/C17H25BrN2O/c1-17(2,3)20-16(21)8-9-19-15-10-13(11-15)12-4-6-14(18)7-5-12/h4-7,13,15,19H,8-11H2,1-3H3,(H,20,21). The molecule has 3 nitrogen and oxygen atoms in total. The van der Waals surface area contributed by atoms with Crippen LogP contribution in [0.15, 0.2) is 28.7 Å². The molecule has 0 unspecified atom stereocenters. The van der Waals surface area contributed by atoms with Gasteiger partial charge in [-0.05, 0) is 57.2 Å². The van der Waals surface area contributed by atoms with Crippen molar-refractivity contribution in [3.8, 4) is 0 Å². The Morgan fingerprint density at radius 3 is 2.43 bits per heavy atom. The predicted molar refractivity (Wildman–Crippen MR) is 90.4 cm³/mol. The fourth-order valence-electron chi connectivity index (χ4n) is 2.66. The van der Waals surface area contributed by atoms with E-state index in [1.54, 1.807) is 0 Å². The summed E-state index contributed by atoms with van der Waals surface area (Å²) in [5.74, 6) is 0.790. The Morgan fingerprint density at radius 2 is 1.86 bits per heavy atom. The fourth-order valence-corrected chi connectivity index (χ4v) is 2.93. The van der Waals surface area contributed by atoms with Crippen molar-refractivity contribution in [2.45, 2.75) is 57.5 Å². The van der Waals surface area contributed by atoms with E-state index in [1.165, 1.54) is 18.4 Å². The van der Waals surface area contributed by atoms with Gasteiger partial charge in [-0.1, -0.05) is 28.1 Å². The second kappa shape index (κ2) is 6.93. The molecule has 0 aliphatic heterocycles. The summed E-state index contributed by atoms with van der Waals surface area (Å²) < 4.78 is 1.13. The van der Waals surface area contributed by atoms with Gasteiger partial charge in [-0.2, -0.15) is 0 Å². The van der Waals surface area contributed by atoms with Crippen LogP contribution < -0.4 is 10.6 Å². The van der Waals surface area contributed by atoms with Crippen molar-refractivity contribution in [1.82, 2.24) is 10.6 Å². The molecule has 0 radical (unpaired) electrons. The van der Waals surface area contributed by atoms with E-state index in [4.69, 9.17) is 0 Å². The zero-order valence-corrected chi connectivity index (χ0v) is 14.7. The van der Waals surface area contributed by atoms with Crippen LogP contribution in [0.1, 0.15) is 51.5 Å². The van der Waals surface area contributed by atoms with E-state index in [0.717, 1.165) is 11.0 Å². The van der Waals surface area contributed by atoms with Gasteiger partial charge in [0.05, 0.1) is 0 Å². The highest BCUT2D eigenvalue weighted by Gasteiger charge is 2.29. The molecule has 21 heavy (non-hydrogen) atoms. The summed E-state index contributed by atoms with van der Waals surface area (Å²) >= 11 is 3.46. The highest BCUT2D eigenvalue weighted by molar-refractivity contribution is 9.10. The first-order valence-corrected chi connectivity index (χ1v) is 8.42. The normalized spacial score (nSPS) is 21.7. The molecule has 1 aliphatic rings. The number of hydrogen-bond acceptors (Lipinski definition) is 2. The van der Waals surface area contributed by atoms with Crippen LogP contribution in [-0.4, -0.2) is 24.0 Å². The number of nitrogens with one attached hydrogen (secondary N) is 2. The number of amides is 1. The van der Waals surface area contributed by atoms with Crippen LogP contribution in [0.25, 0.3) is 0 Å². The minimum Gasteiger partial charge on any atom is -0.351 e.